The smallest absolute Gasteiger partial charge is 0.249 e. The topological polar surface area (TPSA) is 134 Å². The first-order valence-electron chi connectivity index (χ1n) is 16.7. The zero-order chi connectivity index (χ0) is 34.0. The van der Waals surface area contributed by atoms with E-state index >= 15 is 0 Å². The number of aliphatic hydroxyl groups is 1. The minimum atomic E-state index is -0.834. The number of aryl methyl sites for hydroxylation is 1. The summed E-state index contributed by atoms with van der Waals surface area (Å²) in [6, 6.07) is 19.1. The van der Waals surface area contributed by atoms with E-state index in [1.807, 2.05) is 24.3 Å². The van der Waals surface area contributed by atoms with Gasteiger partial charge in [-0.05, 0) is 91.6 Å². The Balaban J connectivity index is 0.990. The van der Waals surface area contributed by atoms with Crippen molar-refractivity contribution in [2.45, 2.75) is 62.3 Å². The second kappa shape index (κ2) is 14.1. The third-order valence-corrected chi connectivity index (χ3v) is 9.98. The van der Waals surface area contributed by atoms with Crippen molar-refractivity contribution in [3.05, 3.63) is 107 Å². The van der Waals surface area contributed by atoms with Gasteiger partial charge in [-0.2, -0.15) is 5.21 Å². The number of β-lactam (4-membered cyclic amide) rings is 1. The van der Waals surface area contributed by atoms with Crippen molar-refractivity contribution in [3.8, 4) is 0 Å². The number of hydrogen-bond donors (Lipinski definition) is 2. The standard InChI is InChI=1S/C36H38F2N6O5/c37-26-9-7-24(8-10-26)31(45)16-15-29-33(44(35(29)47)28-13-11-27(38)12-14-28)25-5-3-23(4-6-25)17-18-36(21-48-22-36)49-20-32(46)43-19-1-2-30(43)34-39-41-42-40-34/h3-14,29-31,33,45H,1-2,15-22H2,(H,39,40,41,42)/t29-,30?,31?,33?/m1/s1. The van der Waals surface area contributed by atoms with Crippen LogP contribution in [0.5, 0.6) is 0 Å². The third kappa shape index (κ3) is 6.96. The van der Waals surface area contributed by atoms with Gasteiger partial charge < -0.3 is 24.4 Å². The van der Waals surface area contributed by atoms with Gasteiger partial charge in [0.25, 0.3) is 0 Å². The molecule has 0 spiro atoms. The van der Waals surface area contributed by atoms with Crippen LogP contribution in [0.25, 0.3) is 0 Å². The average Bonchev–Trinajstić information content (AvgIpc) is 3.81. The quantitative estimate of drug-likeness (QED) is 0.194. The lowest BCUT2D eigenvalue weighted by Gasteiger charge is -2.48. The highest BCUT2D eigenvalue weighted by atomic mass is 19.1. The fourth-order valence-electron chi connectivity index (χ4n) is 7.12. The molecule has 3 aromatic carbocycles. The number of aromatic nitrogens is 4. The van der Waals surface area contributed by atoms with E-state index in [-0.39, 0.29) is 48.1 Å². The molecule has 4 atom stereocenters. The Labute approximate surface area is 282 Å². The minimum Gasteiger partial charge on any atom is -0.388 e. The van der Waals surface area contributed by atoms with E-state index in [0.717, 1.165) is 24.0 Å². The molecule has 4 heterocycles. The monoisotopic (exact) mass is 672 g/mol. The predicted molar refractivity (Wildman–Crippen MR) is 173 cm³/mol. The van der Waals surface area contributed by atoms with E-state index in [1.165, 1.54) is 24.3 Å². The number of aliphatic hydroxyl groups excluding tert-OH is 1. The maximum absolute atomic E-state index is 13.7. The number of likely N-dealkylation sites (tertiary alicyclic amines) is 1. The summed E-state index contributed by atoms with van der Waals surface area (Å²) >= 11 is 0. The van der Waals surface area contributed by atoms with Gasteiger partial charge in [0.2, 0.25) is 11.8 Å². The van der Waals surface area contributed by atoms with Crippen molar-refractivity contribution in [1.82, 2.24) is 25.5 Å². The molecule has 0 saturated carbocycles. The normalized spacial score (nSPS) is 22.1. The minimum absolute atomic E-state index is 0.0528. The van der Waals surface area contributed by atoms with Gasteiger partial charge in [0.15, 0.2) is 5.82 Å². The van der Waals surface area contributed by atoms with E-state index in [1.54, 1.807) is 34.1 Å². The molecule has 0 aliphatic carbocycles. The van der Waals surface area contributed by atoms with E-state index < -0.39 is 11.7 Å². The van der Waals surface area contributed by atoms with E-state index in [0.29, 0.717) is 62.5 Å². The number of anilines is 1. The molecule has 3 aliphatic rings. The van der Waals surface area contributed by atoms with Gasteiger partial charge in [0, 0.05) is 12.2 Å². The summed E-state index contributed by atoms with van der Waals surface area (Å²) in [7, 11) is 0. The van der Waals surface area contributed by atoms with Gasteiger partial charge >= 0.3 is 0 Å². The molecule has 13 heteroatoms. The molecule has 0 radical (unpaired) electrons. The summed E-state index contributed by atoms with van der Waals surface area (Å²) in [5.74, 6) is -0.842. The molecule has 0 bridgehead atoms. The SMILES string of the molecule is O=C(COC1(CCc2ccc(C3[C@@H](CCC(O)c4ccc(F)cc4)C(=O)N3c3ccc(F)cc3)cc2)COC1)N1CCCC1c1nn[nH]n1. The first-order valence-corrected chi connectivity index (χ1v) is 16.7. The highest BCUT2D eigenvalue weighted by Crippen LogP contribution is 2.46. The van der Waals surface area contributed by atoms with Crippen molar-refractivity contribution >= 4 is 17.5 Å². The number of amides is 2. The molecular weight excluding hydrogens is 634 g/mol. The molecule has 49 heavy (non-hydrogen) atoms. The Bertz CT molecular complexity index is 1740. The van der Waals surface area contributed by atoms with Crippen LogP contribution in [-0.4, -0.2) is 74.4 Å². The lowest BCUT2D eigenvalue weighted by Crippen LogP contribution is -2.55. The summed E-state index contributed by atoms with van der Waals surface area (Å²) < 4.78 is 38.8. The molecule has 3 aliphatic heterocycles. The summed E-state index contributed by atoms with van der Waals surface area (Å²) in [6.07, 6.45) is 2.94. The molecule has 256 valence electrons. The lowest BCUT2D eigenvalue weighted by atomic mass is 9.78. The number of H-pyrrole nitrogens is 1. The van der Waals surface area contributed by atoms with Crippen molar-refractivity contribution in [3.63, 3.8) is 0 Å². The molecule has 4 aromatic rings. The number of aromatic amines is 1. The van der Waals surface area contributed by atoms with Crippen LogP contribution in [0.4, 0.5) is 14.5 Å². The van der Waals surface area contributed by atoms with Crippen LogP contribution in [0, 0.1) is 17.6 Å². The molecule has 7 rings (SSSR count). The first kappa shape index (κ1) is 32.9. The second-order valence-electron chi connectivity index (χ2n) is 13.1. The predicted octanol–water partition coefficient (Wildman–Crippen LogP) is 4.78. The molecule has 3 fully saturated rings. The van der Waals surface area contributed by atoms with E-state index in [9.17, 15) is 23.5 Å². The molecular formula is C36H38F2N6O5. The number of hydrogen-bond acceptors (Lipinski definition) is 8. The van der Waals surface area contributed by atoms with E-state index in [2.05, 4.69) is 20.6 Å². The second-order valence-corrected chi connectivity index (χ2v) is 13.1. The number of ether oxygens (including phenoxy) is 2. The zero-order valence-corrected chi connectivity index (χ0v) is 26.9. The van der Waals surface area contributed by atoms with Crippen molar-refractivity contribution in [2.75, 3.05) is 31.3 Å². The van der Waals surface area contributed by atoms with Crippen LogP contribution < -0.4 is 4.90 Å². The first-order chi connectivity index (χ1) is 23.8. The highest BCUT2D eigenvalue weighted by molar-refractivity contribution is 6.03. The fourth-order valence-corrected chi connectivity index (χ4v) is 7.12. The number of carbonyl (C=O) groups excluding carboxylic acids is 2. The van der Waals surface area contributed by atoms with Crippen LogP contribution in [0.3, 0.4) is 0 Å². The Hall–Kier alpha value is -4.59. The van der Waals surface area contributed by atoms with Gasteiger partial charge in [0.05, 0.1) is 37.3 Å². The van der Waals surface area contributed by atoms with Gasteiger partial charge in [-0.3, -0.25) is 9.59 Å². The largest absolute Gasteiger partial charge is 0.388 e. The summed E-state index contributed by atoms with van der Waals surface area (Å²) in [6.45, 7) is 1.39. The van der Waals surface area contributed by atoms with Crippen molar-refractivity contribution < 1.29 is 33.0 Å². The molecule has 3 unspecified atom stereocenters. The van der Waals surface area contributed by atoms with Crippen molar-refractivity contribution in [1.29, 1.82) is 0 Å². The van der Waals surface area contributed by atoms with Gasteiger partial charge in [-0.1, -0.05) is 41.6 Å². The van der Waals surface area contributed by atoms with Crippen LogP contribution in [0.1, 0.15) is 72.8 Å². The van der Waals surface area contributed by atoms with Crippen molar-refractivity contribution in [2.24, 2.45) is 5.92 Å². The van der Waals surface area contributed by atoms with Gasteiger partial charge in [-0.25, -0.2) is 8.78 Å². The maximum atomic E-state index is 13.7. The number of halogens is 2. The molecule has 2 N–H and O–H groups in total. The number of nitrogens with zero attached hydrogens (tertiary/aromatic N) is 5. The van der Waals surface area contributed by atoms with Gasteiger partial charge in [-0.15, -0.1) is 10.2 Å². The number of tetrazole rings is 1. The Kier molecular flexibility index (Phi) is 9.48. The lowest BCUT2D eigenvalue weighted by molar-refractivity contribution is -0.214. The number of rotatable bonds is 13. The highest BCUT2D eigenvalue weighted by Gasteiger charge is 2.48. The third-order valence-electron chi connectivity index (χ3n) is 9.98. The fraction of sp³-hybridized carbons (Fsp3) is 0.417. The molecule has 3 saturated heterocycles. The summed E-state index contributed by atoms with van der Waals surface area (Å²) in [4.78, 5) is 30.0. The average molecular weight is 673 g/mol. The van der Waals surface area contributed by atoms with E-state index in [4.69, 9.17) is 9.47 Å². The number of nitrogens with one attached hydrogen (secondary N) is 1. The van der Waals surface area contributed by atoms with Gasteiger partial charge in [0.1, 0.15) is 23.8 Å². The molecule has 11 nitrogen and oxygen atoms in total. The Morgan fingerprint density at radius 3 is 2.41 bits per heavy atom. The summed E-state index contributed by atoms with van der Waals surface area (Å²) in [5, 5.41) is 25.0. The summed E-state index contributed by atoms with van der Waals surface area (Å²) in [5.41, 5.74) is 2.65. The van der Waals surface area contributed by atoms with Crippen LogP contribution >= 0.6 is 0 Å². The number of carbonyl (C=O) groups is 2. The number of benzene rings is 3. The van der Waals surface area contributed by atoms with Crippen LogP contribution in [0.15, 0.2) is 72.8 Å². The molecule has 2 amide bonds. The Morgan fingerprint density at radius 2 is 1.76 bits per heavy atom. The van der Waals surface area contributed by atoms with Crippen LogP contribution in [-0.2, 0) is 25.5 Å². The van der Waals surface area contributed by atoms with Crippen LogP contribution in [0.2, 0.25) is 0 Å². The Morgan fingerprint density at radius 1 is 1.04 bits per heavy atom. The molecule has 1 aromatic heterocycles. The zero-order valence-electron chi connectivity index (χ0n) is 26.9. The maximum Gasteiger partial charge on any atom is 0.249 e.